The van der Waals surface area contributed by atoms with Gasteiger partial charge in [0, 0.05) is 0 Å². The molecule has 0 saturated heterocycles. The second-order valence-corrected chi connectivity index (χ2v) is 11.1. The van der Waals surface area contributed by atoms with Gasteiger partial charge in [0.15, 0.2) is 0 Å². The summed E-state index contributed by atoms with van der Waals surface area (Å²) in [6, 6.07) is 10.4. The number of hydrogen-bond donors (Lipinski definition) is 0. The van der Waals surface area contributed by atoms with E-state index in [4.69, 9.17) is 4.43 Å². The molecule has 0 aliphatic heterocycles. The summed E-state index contributed by atoms with van der Waals surface area (Å²) in [5.41, 5.74) is 2.48. The second kappa shape index (κ2) is 5.31. The van der Waals surface area contributed by atoms with Crippen LogP contribution in [0.1, 0.15) is 40.2 Å². The van der Waals surface area contributed by atoms with E-state index in [9.17, 15) is 0 Å². The summed E-state index contributed by atoms with van der Waals surface area (Å²) in [6.07, 6.45) is 0. The summed E-state index contributed by atoms with van der Waals surface area (Å²) in [5, 5.41) is 0.241. The molecule has 1 nitrogen and oxygen atoms in total. The Morgan fingerprint density at radius 1 is 1.00 bits per heavy atom. The van der Waals surface area contributed by atoms with Gasteiger partial charge in [0.25, 0.3) is 0 Å². The van der Waals surface area contributed by atoms with Crippen molar-refractivity contribution in [2.24, 2.45) is 0 Å². The van der Waals surface area contributed by atoms with E-state index in [2.05, 4.69) is 72.0 Å². The van der Waals surface area contributed by atoms with E-state index in [1.165, 1.54) is 11.1 Å². The maximum absolute atomic E-state index is 6.34. The van der Waals surface area contributed by atoms with Gasteiger partial charge in [-0.05, 0) is 43.1 Å². The first-order chi connectivity index (χ1) is 8.15. The van der Waals surface area contributed by atoms with E-state index < -0.39 is 8.32 Å². The van der Waals surface area contributed by atoms with E-state index in [0.29, 0.717) is 0 Å². The monoisotopic (exact) mass is 262 g/mol. The lowest BCUT2D eigenvalue weighted by Gasteiger charge is -2.37. The Kier molecular flexibility index (Phi) is 4.44. The van der Waals surface area contributed by atoms with Gasteiger partial charge in [-0.15, -0.1) is 0 Å². The fraction of sp³-hybridized carbons (Fsp3) is 0.500. The molecule has 0 N–H and O–H groups in total. The third kappa shape index (κ3) is 3.48. The number of hydrogen-bond acceptors (Lipinski definition) is 1. The Bertz CT molecular complexity index is 424. The van der Waals surface area contributed by atoms with Crippen LogP contribution in [0.3, 0.4) is 0 Å². The second-order valence-electron chi connectivity index (χ2n) is 6.41. The summed E-state index contributed by atoms with van der Waals surface area (Å²) in [6.45, 7) is 15.6. The molecule has 0 aliphatic carbocycles. The lowest BCUT2D eigenvalue weighted by atomic mass is 10.1. The maximum Gasteiger partial charge on any atom is 0.250 e. The molecular weight excluding hydrogens is 236 g/mol. The topological polar surface area (TPSA) is 9.23 Å². The minimum Gasteiger partial charge on any atom is -0.547 e. The van der Waals surface area contributed by atoms with Crippen LogP contribution in [0.4, 0.5) is 0 Å². The first-order valence-corrected chi connectivity index (χ1v) is 9.48. The van der Waals surface area contributed by atoms with Crippen LogP contribution < -0.4 is 0 Å². The normalized spacial score (nSPS) is 14.2. The van der Waals surface area contributed by atoms with Crippen molar-refractivity contribution in [3.63, 3.8) is 0 Å². The minimum atomic E-state index is -1.72. The highest BCUT2D eigenvalue weighted by molar-refractivity contribution is 6.74. The fourth-order valence-electron chi connectivity index (χ4n) is 1.50. The lowest BCUT2D eigenvalue weighted by molar-refractivity contribution is 0.388. The van der Waals surface area contributed by atoms with Crippen molar-refractivity contribution in [3.8, 4) is 0 Å². The highest BCUT2D eigenvalue weighted by Gasteiger charge is 2.39. The molecule has 0 aliphatic rings. The molecule has 0 bridgehead atoms. The minimum absolute atomic E-state index is 0.241. The lowest BCUT2D eigenvalue weighted by Crippen LogP contribution is -2.40. The van der Waals surface area contributed by atoms with E-state index >= 15 is 0 Å². The number of rotatable bonds is 3. The van der Waals surface area contributed by atoms with Gasteiger partial charge in [0.05, 0.1) is 5.76 Å². The molecule has 1 aromatic rings. The summed E-state index contributed by atoms with van der Waals surface area (Å²) in [4.78, 5) is 0. The van der Waals surface area contributed by atoms with Crippen LogP contribution in [-0.4, -0.2) is 8.32 Å². The predicted octanol–water partition coefficient (Wildman–Crippen LogP) is 5.46. The molecule has 1 aromatic carbocycles. The maximum atomic E-state index is 6.34. The zero-order valence-electron chi connectivity index (χ0n) is 12.8. The van der Waals surface area contributed by atoms with Crippen LogP contribution in [0.25, 0.3) is 5.57 Å². The molecule has 0 spiro atoms. The van der Waals surface area contributed by atoms with Crippen LogP contribution in [-0.2, 0) is 4.43 Å². The average molecular weight is 262 g/mol. The molecule has 0 fully saturated rings. The van der Waals surface area contributed by atoms with E-state index in [0.717, 1.165) is 5.76 Å². The van der Waals surface area contributed by atoms with Crippen molar-refractivity contribution < 1.29 is 4.43 Å². The average Bonchev–Trinajstić information content (AvgIpc) is 2.27. The third-order valence-corrected chi connectivity index (χ3v) is 8.38. The van der Waals surface area contributed by atoms with Gasteiger partial charge in [-0.1, -0.05) is 51.1 Å². The van der Waals surface area contributed by atoms with Crippen molar-refractivity contribution in [2.75, 3.05) is 0 Å². The molecule has 0 atom stereocenters. The van der Waals surface area contributed by atoms with Crippen molar-refractivity contribution in [1.29, 1.82) is 0 Å². The van der Waals surface area contributed by atoms with E-state index in [1.807, 2.05) is 6.07 Å². The Labute approximate surface area is 113 Å². The van der Waals surface area contributed by atoms with Gasteiger partial charge in [0.2, 0.25) is 8.32 Å². The van der Waals surface area contributed by atoms with Gasteiger partial charge in [0.1, 0.15) is 0 Å². The molecule has 0 saturated carbocycles. The quantitative estimate of drug-likeness (QED) is 0.519. The third-order valence-electron chi connectivity index (χ3n) is 3.95. The summed E-state index contributed by atoms with van der Waals surface area (Å²) in [7, 11) is -1.72. The molecule has 18 heavy (non-hydrogen) atoms. The smallest absolute Gasteiger partial charge is 0.250 e. The van der Waals surface area contributed by atoms with Gasteiger partial charge in [-0.25, -0.2) is 0 Å². The van der Waals surface area contributed by atoms with Crippen molar-refractivity contribution in [3.05, 3.63) is 41.7 Å². The molecule has 0 radical (unpaired) electrons. The van der Waals surface area contributed by atoms with Gasteiger partial charge in [-0.3, -0.25) is 0 Å². The highest BCUT2D eigenvalue weighted by Crippen LogP contribution is 2.38. The zero-order valence-corrected chi connectivity index (χ0v) is 13.8. The standard InChI is InChI=1S/C16H26OSi/c1-13(15-11-9-8-10-12-15)14(2)17-18(6,7)16(3,4)5/h8-12H,1-7H3/b14-13-. The molecule has 0 aromatic heterocycles. The largest absolute Gasteiger partial charge is 0.547 e. The Morgan fingerprint density at radius 3 is 1.94 bits per heavy atom. The first kappa shape index (κ1) is 15.0. The zero-order chi connectivity index (χ0) is 14.0. The van der Waals surface area contributed by atoms with Gasteiger partial charge >= 0.3 is 0 Å². The van der Waals surface area contributed by atoms with Crippen LogP contribution in [0.15, 0.2) is 36.1 Å². The van der Waals surface area contributed by atoms with Crippen molar-refractivity contribution in [1.82, 2.24) is 0 Å². The first-order valence-electron chi connectivity index (χ1n) is 6.57. The predicted molar refractivity (Wildman–Crippen MR) is 83.0 cm³/mol. The Balaban J connectivity index is 2.98. The fourth-order valence-corrected chi connectivity index (χ4v) is 2.73. The van der Waals surface area contributed by atoms with Crippen molar-refractivity contribution >= 4 is 13.9 Å². The summed E-state index contributed by atoms with van der Waals surface area (Å²) >= 11 is 0. The molecule has 1 rings (SSSR count). The molecular formula is C16H26OSi. The number of allylic oxidation sites excluding steroid dienone is 2. The van der Waals surface area contributed by atoms with Crippen LogP contribution in [0.5, 0.6) is 0 Å². The molecule has 0 unspecified atom stereocenters. The highest BCUT2D eigenvalue weighted by atomic mass is 28.4. The van der Waals surface area contributed by atoms with E-state index in [-0.39, 0.29) is 5.04 Å². The SMILES string of the molecule is C/C(O[Si](C)(C)C(C)(C)C)=C(\C)c1ccccc1. The van der Waals surface area contributed by atoms with Gasteiger partial charge < -0.3 is 4.43 Å². The number of benzene rings is 1. The van der Waals surface area contributed by atoms with Crippen LogP contribution in [0, 0.1) is 0 Å². The van der Waals surface area contributed by atoms with E-state index in [1.54, 1.807) is 0 Å². The molecule has 0 heterocycles. The molecule has 0 amide bonds. The molecule has 2 heteroatoms. The Hall–Kier alpha value is -1.02. The molecule has 100 valence electrons. The summed E-state index contributed by atoms with van der Waals surface area (Å²) in [5.74, 6) is 1.06. The van der Waals surface area contributed by atoms with Crippen LogP contribution in [0.2, 0.25) is 18.1 Å². The van der Waals surface area contributed by atoms with Crippen molar-refractivity contribution in [2.45, 2.75) is 52.8 Å². The van der Waals surface area contributed by atoms with Crippen LogP contribution >= 0.6 is 0 Å². The summed E-state index contributed by atoms with van der Waals surface area (Å²) < 4.78 is 6.34. The van der Waals surface area contributed by atoms with Gasteiger partial charge in [-0.2, -0.15) is 0 Å². The Morgan fingerprint density at radius 2 is 1.50 bits per heavy atom.